The number of hydrogen-bond donors (Lipinski definition) is 1. The molecule has 0 bridgehead atoms. The lowest BCUT2D eigenvalue weighted by Gasteiger charge is -2.58. The highest BCUT2D eigenvalue weighted by atomic mass is 16.6. The summed E-state index contributed by atoms with van der Waals surface area (Å²) in [6, 6.07) is 0. The number of carbonyl (C=O) groups excluding carboxylic acids is 1. The summed E-state index contributed by atoms with van der Waals surface area (Å²) in [7, 11) is 0. The van der Waals surface area contributed by atoms with Crippen LogP contribution in [0.15, 0.2) is 23.8 Å². The lowest BCUT2D eigenvalue weighted by molar-refractivity contribution is -0.163. The molecule has 6 aliphatic rings. The van der Waals surface area contributed by atoms with Crippen molar-refractivity contribution < 1.29 is 15.0 Å². The van der Waals surface area contributed by atoms with Crippen molar-refractivity contribution in [2.24, 2.45) is 40.9 Å². The van der Waals surface area contributed by atoms with E-state index in [9.17, 15) is 4.79 Å². The van der Waals surface area contributed by atoms with Crippen LogP contribution in [0.5, 0.6) is 0 Å². The Hall–Kier alpha value is -1.42. The van der Waals surface area contributed by atoms with Gasteiger partial charge in [0.2, 0.25) is 0 Å². The first-order valence-electron chi connectivity index (χ1n) is 11.2. The van der Waals surface area contributed by atoms with Gasteiger partial charge in [0.25, 0.3) is 0 Å². The molecular weight excluding hydrogens is 350 g/mol. The fourth-order valence-electron chi connectivity index (χ4n) is 8.25. The quantitative estimate of drug-likeness (QED) is 0.687. The predicted octanol–water partition coefficient (Wildman–Crippen LogP) is 4.24. The summed E-state index contributed by atoms with van der Waals surface area (Å²) in [6.07, 6.45) is 17.0. The average Bonchev–Trinajstić information content (AvgIpc) is 3.36. The Bertz CT molecular complexity index is 781. The summed E-state index contributed by atoms with van der Waals surface area (Å²) in [6.45, 7) is 2.44. The summed E-state index contributed by atoms with van der Waals surface area (Å²) in [5.41, 5.74) is 2.27. The molecule has 0 amide bonds. The van der Waals surface area contributed by atoms with Crippen LogP contribution in [0.1, 0.15) is 64.7 Å². The SMILES string of the molecule is C[C@]12CCC3C(C(C4CC4)CC4=CC(=N)CC[C@@H]43)C1CC[C@@]21C=CC(=O)O1.O. The van der Waals surface area contributed by atoms with Crippen LogP contribution in [0.2, 0.25) is 0 Å². The Kier molecular flexibility index (Phi) is 4.01. The van der Waals surface area contributed by atoms with Crippen molar-refractivity contribution in [2.75, 3.05) is 0 Å². The van der Waals surface area contributed by atoms with E-state index in [1.54, 1.807) is 11.6 Å². The van der Waals surface area contributed by atoms with Crippen molar-refractivity contribution in [1.29, 1.82) is 5.41 Å². The summed E-state index contributed by atoms with van der Waals surface area (Å²) in [4.78, 5) is 12.0. The Morgan fingerprint density at radius 2 is 1.93 bits per heavy atom. The zero-order valence-electron chi connectivity index (χ0n) is 16.9. The van der Waals surface area contributed by atoms with Crippen LogP contribution in [0.3, 0.4) is 0 Å². The van der Waals surface area contributed by atoms with E-state index in [2.05, 4.69) is 19.1 Å². The second-order valence-corrected chi connectivity index (χ2v) is 10.6. The molecule has 4 unspecified atom stereocenters. The number of fused-ring (bicyclic) bond motifs is 6. The van der Waals surface area contributed by atoms with Crippen molar-refractivity contribution in [2.45, 2.75) is 70.3 Å². The highest BCUT2D eigenvalue weighted by Gasteiger charge is 2.66. The first-order chi connectivity index (χ1) is 13.0. The summed E-state index contributed by atoms with van der Waals surface area (Å²) < 4.78 is 6.00. The number of ether oxygens (including phenoxy) is 1. The zero-order valence-corrected chi connectivity index (χ0v) is 16.9. The standard InChI is InChI=1S/C24H31NO2.H2O/c1-23-9-6-18-17-5-4-16(25)12-15(17)13-19(14-2-3-14)22(18)20(23)7-10-24(23)11-8-21(26)27-24;/h8,11-12,14,17-20,22,25H,2-7,9-10,13H2,1H3;1H2/t17-,18?,19?,20?,22?,23-,24+;/m0./s1. The first kappa shape index (κ1) is 18.6. The van der Waals surface area contributed by atoms with Gasteiger partial charge in [0, 0.05) is 17.2 Å². The molecule has 4 fully saturated rings. The molecule has 4 saturated carbocycles. The number of nitrogens with one attached hydrogen (secondary N) is 1. The molecule has 7 atom stereocenters. The molecule has 4 heteroatoms. The topological polar surface area (TPSA) is 81.7 Å². The predicted molar refractivity (Wildman–Crippen MR) is 108 cm³/mol. The third kappa shape index (κ3) is 2.33. The van der Waals surface area contributed by atoms with E-state index in [-0.39, 0.29) is 22.5 Å². The summed E-state index contributed by atoms with van der Waals surface area (Å²) in [5.74, 6) is 4.62. The fraction of sp³-hybridized carbons (Fsp3) is 0.750. The highest BCUT2D eigenvalue weighted by molar-refractivity contribution is 5.93. The van der Waals surface area contributed by atoms with Gasteiger partial charge >= 0.3 is 5.97 Å². The number of allylic oxidation sites excluding steroid dienone is 2. The average molecular weight is 384 g/mol. The number of esters is 1. The molecule has 0 radical (unpaired) electrons. The molecule has 28 heavy (non-hydrogen) atoms. The van der Waals surface area contributed by atoms with Gasteiger partial charge in [-0.2, -0.15) is 0 Å². The Morgan fingerprint density at radius 3 is 2.64 bits per heavy atom. The molecule has 0 aromatic carbocycles. The van der Waals surface area contributed by atoms with Crippen molar-refractivity contribution >= 4 is 11.7 Å². The van der Waals surface area contributed by atoms with E-state index in [1.807, 2.05) is 0 Å². The van der Waals surface area contributed by atoms with Crippen LogP contribution in [0.4, 0.5) is 0 Å². The summed E-state index contributed by atoms with van der Waals surface area (Å²) in [5, 5.41) is 8.18. The second kappa shape index (κ2) is 6.04. The van der Waals surface area contributed by atoms with Gasteiger partial charge in [-0.3, -0.25) is 0 Å². The smallest absolute Gasteiger partial charge is 0.331 e. The van der Waals surface area contributed by atoms with Gasteiger partial charge < -0.3 is 15.6 Å². The Morgan fingerprint density at radius 1 is 1.11 bits per heavy atom. The second-order valence-electron chi connectivity index (χ2n) is 10.6. The minimum Gasteiger partial charge on any atom is -0.451 e. The third-order valence-electron chi connectivity index (χ3n) is 9.61. The van der Waals surface area contributed by atoms with Crippen molar-refractivity contribution in [3.05, 3.63) is 23.8 Å². The van der Waals surface area contributed by atoms with E-state index < -0.39 is 0 Å². The van der Waals surface area contributed by atoms with Crippen molar-refractivity contribution in [1.82, 2.24) is 0 Å². The Labute approximate surface area is 167 Å². The molecule has 0 saturated heterocycles. The summed E-state index contributed by atoms with van der Waals surface area (Å²) >= 11 is 0. The van der Waals surface area contributed by atoms with Gasteiger partial charge in [-0.15, -0.1) is 0 Å². The molecule has 152 valence electrons. The zero-order chi connectivity index (χ0) is 18.4. The molecule has 0 aromatic rings. The molecule has 3 N–H and O–H groups in total. The van der Waals surface area contributed by atoms with Crippen LogP contribution in [-0.2, 0) is 9.53 Å². The molecule has 1 aliphatic heterocycles. The lowest BCUT2D eigenvalue weighted by Crippen LogP contribution is -2.54. The molecule has 4 nitrogen and oxygen atoms in total. The number of carbonyl (C=O) groups is 1. The maximum atomic E-state index is 12.0. The molecular formula is C24H33NO3. The minimum absolute atomic E-state index is 0. The van der Waals surface area contributed by atoms with Gasteiger partial charge in [0.15, 0.2) is 0 Å². The van der Waals surface area contributed by atoms with Gasteiger partial charge in [-0.1, -0.05) is 12.5 Å². The van der Waals surface area contributed by atoms with Crippen molar-refractivity contribution in [3.63, 3.8) is 0 Å². The maximum absolute atomic E-state index is 12.0. The lowest BCUT2D eigenvalue weighted by atomic mass is 9.47. The molecule has 0 aromatic heterocycles. The van der Waals surface area contributed by atoms with E-state index in [0.29, 0.717) is 5.92 Å². The van der Waals surface area contributed by atoms with E-state index in [0.717, 1.165) is 48.1 Å². The van der Waals surface area contributed by atoms with Gasteiger partial charge in [-0.05, 0) is 105 Å². The van der Waals surface area contributed by atoms with Crippen LogP contribution < -0.4 is 0 Å². The number of rotatable bonds is 1. The van der Waals surface area contributed by atoms with E-state index in [1.165, 1.54) is 44.9 Å². The maximum Gasteiger partial charge on any atom is 0.331 e. The fourth-order valence-corrected chi connectivity index (χ4v) is 8.25. The van der Waals surface area contributed by atoms with Gasteiger partial charge in [0.1, 0.15) is 5.60 Å². The third-order valence-corrected chi connectivity index (χ3v) is 9.61. The van der Waals surface area contributed by atoms with Gasteiger partial charge in [-0.25, -0.2) is 4.79 Å². The Balaban J connectivity index is 0.00000171. The normalized spacial score (nSPS) is 49.0. The van der Waals surface area contributed by atoms with Crippen LogP contribution in [-0.4, -0.2) is 22.8 Å². The minimum atomic E-state index is -0.321. The van der Waals surface area contributed by atoms with Crippen LogP contribution in [0, 0.1) is 46.3 Å². The molecule has 5 aliphatic carbocycles. The number of hydrogen-bond acceptors (Lipinski definition) is 3. The highest BCUT2D eigenvalue weighted by Crippen LogP contribution is 2.69. The molecule has 1 heterocycles. The largest absolute Gasteiger partial charge is 0.451 e. The van der Waals surface area contributed by atoms with Crippen LogP contribution in [0.25, 0.3) is 0 Å². The van der Waals surface area contributed by atoms with Crippen molar-refractivity contribution in [3.8, 4) is 0 Å². The molecule has 6 rings (SSSR count). The van der Waals surface area contributed by atoms with E-state index >= 15 is 0 Å². The van der Waals surface area contributed by atoms with Crippen LogP contribution >= 0.6 is 0 Å². The first-order valence-corrected chi connectivity index (χ1v) is 11.2. The van der Waals surface area contributed by atoms with Gasteiger partial charge in [0.05, 0.1) is 0 Å². The monoisotopic (exact) mass is 383 g/mol. The van der Waals surface area contributed by atoms with E-state index in [4.69, 9.17) is 10.1 Å². The molecule has 1 spiro atoms.